The van der Waals surface area contributed by atoms with Crippen LogP contribution in [0.15, 0.2) is 11.4 Å². The predicted molar refractivity (Wildman–Crippen MR) is 52.3 cm³/mol. The Morgan fingerprint density at radius 1 is 1.36 bits per heavy atom. The van der Waals surface area contributed by atoms with Crippen LogP contribution in [0.1, 0.15) is 37.1 Å². The van der Waals surface area contributed by atoms with E-state index in [0.29, 0.717) is 0 Å². The Labute approximate surface area is 73.3 Å². The van der Waals surface area contributed by atoms with Gasteiger partial charge in [0.05, 0.1) is 0 Å². The molecule has 0 atom stereocenters. The third kappa shape index (κ3) is 2.33. The van der Waals surface area contributed by atoms with E-state index in [1.807, 2.05) is 11.3 Å². The Morgan fingerprint density at radius 3 is 2.82 bits per heavy atom. The summed E-state index contributed by atoms with van der Waals surface area (Å²) < 4.78 is 0. The zero-order valence-electron chi connectivity index (χ0n) is 7.39. The summed E-state index contributed by atoms with van der Waals surface area (Å²) in [6.07, 6.45) is 5.13. The largest absolute Gasteiger partial charge is 0.149 e. The van der Waals surface area contributed by atoms with Gasteiger partial charge >= 0.3 is 0 Å². The van der Waals surface area contributed by atoms with Gasteiger partial charge in [-0.05, 0) is 36.3 Å². The van der Waals surface area contributed by atoms with Gasteiger partial charge in [-0.2, -0.15) is 0 Å². The lowest BCUT2D eigenvalue weighted by atomic mass is 10.1. The molecule has 0 saturated carbocycles. The van der Waals surface area contributed by atoms with Gasteiger partial charge in [-0.25, -0.2) is 0 Å². The molecule has 0 saturated heterocycles. The summed E-state index contributed by atoms with van der Waals surface area (Å²) >= 11 is 1.90. The zero-order chi connectivity index (χ0) is 8.10. The maximum Gasteiger partial charge on any atom is 0.00744 e. The van der Waals surface area contributed by atoms with E-state index >= 15 is 0 Å². The molecule has 0 aliphatic heterocycles. The first kappa shape index (κ1) is 8.79. The summed E-state index contributed by atoms with van der Waals surface area (Å²) in [5.41, 5.74) is 1.58. The molecule has 11 heavy (non-hydrogen) atoms. The summed E-state index contributed by atoms with van der Waals surface area (Å²) in [5, 5.41) is 2.21. The lowest BCUT2D eigenvalue weighted by molar-refractivity contribution is 0.791. The molecule has 0 fully saturated rings. The summed E-state index contributed by atoms with van der Waals surface area (Å²) in [7, 11) is 0. The van der Waals surface area contributed by atoms with Gasteiger partial charge in [0.15, 0.2) is 0 Å². The second kappa shape index (κ2) is 4.55. The van der Waals surface area contributed by atoms with E-state index in [4.69, 9.17) is 0 Å². The molecule has 1 rings (SSSR count). The van der Waals surface area contributed by atoms with E-state index in [1.54, 1.807) is 10.4 Å². The smallest absolute Gasteiger partial charge is 0.00744 e. The van der Waals surface area contributed by atoms with Gasteiger partial charge in [-0.1, -0.05) is 20.3 Å². The van der Waals surface area contributed by atoms with Crippen molar-refractivity contribution >= 4 is 11.3 Å². The standard InChI is InChI=1S/C10H16S/c1-3-5-6-9-7-8-11-10(9)4-2/h7-8H,3-6H2,1-2H3. The van der Waals surface area contributed by atoms with E-state index in [1.165, 1.54) is 25.7 Å². The second-order valence-electron chi connectivity index (χ2n) is 2.83. The number of thiophene rings is 1. The average molecular weight is 168 g/mol. The van der Waals surface area contributed by atoms with Gasteiger partial charge in [0.1, 0.15) is 0 Å². The van der Waals surface area contributed by atoms with Crippen molar-refractivity contribution < 1.29 is 0 Å². The number of unbranched alkanes of at least 4 members (excludes halogenated alkanes) is 1. The monoisotopic (exact) mass is 168 g/mol. The fraction of sp³-hybridized carbons (Fsp3) is 0.600. The van der Waals surface area contributed by atoms with E-state index in [9.17, 15) is 0 Å². The minimum Gasteiger partial charge on any atom is -0.149 e. The molecule has 0 bridgehead atoms. The fourth-order valence-corrected chi connectivity index (χ4v) is 2.15. The highest BCUT2D eigenvalue weighted by Gasteiger charge is 1.99. The number of aryl methyl sites for hydroxylation is 2. The van der Waals surface area contributed by atoms with Crippen molar-refractivity contribution in [1.82, 2.24) is 0 Å². The Bertz CT molecular complexity index is 200. The van der Waals surface area contributed by atoms with Crippen LogP contribution in [0.5, 0.6) is 0 Å². The Balaban J connectivity index is 2.54. The lowest BCUT2D eigenvalue weighted by Crippen LogP contribution is -1.85. The summed E-state index contributed by atoms with van der Waals surface area (Å²) in [4.78, 5) is 1.58. The molecule has 0 nitrogen and oxygen atoms in total. The number of rotatable bonds is 4. The molecule has 1 heterocycles. The Hall–Kier alpha value is -0.300. The predicted octanol–water partition coefficient (Wildman–Crippen LogP) is 3.65. The summed E-state index contributed by atoms with van der Waals surface area (Å²) in [5.74, 6) is 0. The SMILES string of the molecule is CCCCc1ccsc1CC. The molecule has 0 N–H and O–H groups in total. The topological polar surface area (TPSA) is 0 Å². The van der Waals surface area contributed by atoms with E-state index in [0.717, 1.165) is 0 Å². The summed E-state index contributed by atoms with van der Waals surface area (Å²) in [6, 6.07) is 2.28. The third-order valence-electron chi connectivity index (χ3n) is 1.96. The van der Waals surface area contributed by atoms with Gasteiger partial charge in [0.25, 0.3) is 0 Å². The van der Waals surface area contributed by atoms with Gasteiger partial charge in [0, 0.05) is 4.88 Å². The van der Waals surface area contributed by atoms with Crippen LogP contribution in [0.25, 0.3) is 0 Å². The van der Waals surface area contributed by atoms with Gasteiger partial charge < -0.3 is 0 Å². The zero-order valence-corrected chi connectivity index (χ0v) is 8.21. The quantitative estimate of drug-likeness (QED) is 0.643. The molecule has 0 spiro atoms. The molecule has 0 aromatic carbocycles. The summed E-state index contributed by atoms with van der Waals surface area (Å²) in [6.45, 7) is 4.49. The molecule has 0 aliphatic carbocycles. The molecule has 0 unspecified atom stereocenters. The molecule has 1 heteroatoms. The number of hydrogen-bond donors (Lipinski definition) is 0. The highest BCUT2D eigenvalue weighted by atomic mass is 32.1. The Kier molecular flexibility index (Phi) is 3.64. The lowest BCUT2D eigenvalue weighted by Gasteiger charge is -1.98. The first-order valence-electron chi connectivity index (χ1n) is 4.43. The first-order valence-corrected chi connectivity index (χ1v) is 5.31. The Morgan fingerprint density at radius 2 is 2.18 bits per heavy atom. The van der Waals surface area contributed by atoms with Gasteiger partial charge in [0.2, 0.25) is 0 Å². The second-order valence-corrected chi connectivity index (χ2v) is 3.83. The number of hydrogen-bond acceptors (Lipinski definition) is 1. The van der Waals surface area contributed by atoms with Crippen LogP contribution in [0.2, 0.25) is 0 Å². The maximum absolute atomic E-state index is 2.28. The minimum atomic E-state index is 1.21. The molecule has 0 amide bonds. The van der Waals surface area contributed by atoms with E-state index in [-0.39, 0.29) is 0 Å². The highest BCUT2D eigenvalue weighted by molar-refractivity contribution is 7.10. The van der Waals surface area contributed by atoms with Crippen molar-refractivity contribution in [3.8, 4) is 0 Å². The van der Waals surface area contributed by atoms with Crippen molar-refractivity contribution in [3.05, 3.63) is 21.9 Å². The van der Waals surface area contributed by atoms with Crippen LogP contribution in [-0.4, -0.2) is 0 Å². The van der Waals surface area contributed by atoms with Gasteiger partial charge in [-0.3, -0.25) is 0 Å². The van der Waals surface area contributed by atoms with Crippen molar-refractivity contribution in [3.63, 3.8) is 0 Å². The van der Waals surface area contributed by atoms with Crippen LogP contribution in [0.4, 0.5) is 0 Å². The van der Waals surface area contributed by atoms with Crippen molar-refractivity contribution in [2.45, 2.75) is 39.5 Å². The van der Waals surface area contributed by atoms with Crippen molar-refractivity contribution in [1.29, 1.82) is 0 Å². The van der Waals surface area contributed by atoms with Crippen LogP contribution in [0.3, 0.4) is 0 Å². The molecular weight excluding hydrogens is 152 g/mol. The van der Waals surface area contributed by atoms with Crippen LogP contribution >= 0.6 is 11.3 Å². The third-order valence-corrected chi connectivity index (χ3v) is 3.07. The normalized spacial score (nSPS) is 10.4. The average Bonchev–Trinajstić information content (AvgIpc) is 2.47. The van der Waals surface area contributed by atoms with E-state index < -0.39 is 0 Å². The molecule has 0 aliphatic rings. The molecule has 1 aromatic heterocycles. The maximum atomic E-state index is 2.28. The van der Waals surface area contributed by atoms with Crippen LogP contribution < -0.4 is 0 Å². The van der Waals surface area contributed by atoms with E-state index in [2.05, 4.69) is 25.3 Å². The van der Waals surface area contributed by atoms with Crippen molar-refractivity contribution in [2.75, 3.05) is 0 Å². The van der Waals surface area contributed by atoms with Gasteiger partial charge in [-0.15, -0.1) is 11.3 Å². The first-order chi connectivity index (χ1) is 5.38. The van der Waals surface area contributed by atoms with Crippen LogP contribution in [0, 0.1) is 0 Å². The molecular formula is C10H16S. The van der Waals surface area contributed by atoms with Crippen molar-refractivity contribution in [2.24, 2.45) is 0 Å². The molecule has 62 valence electrons. The van der Waals surface area contributed by atoms with Crippen LogP contribution in [-0.2, 0) is 12.8 Å². The molecule has 0 radical (unpaired) electrons. The fourth-order valence-electron chi connectivity index (χ4n) is 1.27. The highest BCUT2D eigenvalue weighted by Crippen LogP contribution is 2.18. The minimum absolute atomic E-state index is 1.21. The molecule has 1 aromatic rings.